The molecule has 3 N–H and O–H groups in total. The lowest BCUT2D eigenvalue weighted by atomic mass is 10.2. The molecule has 1 aromatic heterocycles. The summed E-state index contributed by atoms with van der Waals surface area (Å²) in [7, 11) is 0. The topological polar surface area (TPSA) is 58.9 Å². The monoisotopic (exact) mass is 212 g/mol. The number of nitrogens with one attached hydrogen (secondary N) is 1. The lowest BCUT2D eigenvalue weighted by Gasteiger charge is -1.93. The first-order chi connectivity index (χ1) is 6.59. The second kappa shape index (κ2) is 2.99. The molecule has 1 heterocycles. The molecular weight excluding hydrogens is 207 g/mol. The molecule has 14 heavy (non-hydrogen) atoms. The second-order valence-corrected chi connectivity index (χ2v) is 3.28. The highest BCUT2D eigenvalue weighted by Crippen LogP contribution is 2.24. The first-order valence-corrected chi connectivity index (χ1v) is 4.24. The average molecular weight is 213 g/mol. The maximum Gasteiger partial charge on any atom is 0.265 e. The summed E-state index contributed by atoms with van der Waals surface area (Å²) in [6, 6.07) is 4.35. The fourth-order valence-corrected chi connectivity index (χ4v) is 1.44. The molecule has 1 amide bonds. The van der Waals surface area contributed by atoms with Crippen molar-refractivity contribution in [2.45, 2.75) is 0 Å². The number of nitrogens with two attached hydrogens (primary N) is 1. The number of rotatable bonds is 1. The van der Waals surface area contributed by atoms with E-state index in [0.717, 1.165) is 0 Å². The van der Waals surface area contributed by atoms with E-state index in [1.165, 1.54) is 12.1 Å². The molecule has 0 aliphatic heterocycles. The second-order valence-electron chi connectivity index (χ2n) is 2.87. The van der Waals surface area contributed by atoms with Crippen molar-refractivity contribution in [3.8, 4) is 0 Å². The summed E-state index contributed by atoms with van der Waals surface area (Å²) >= 11 is 5.57. The highest BCUT2D eigenvalue weighted by Gasteiger charge is 2.11. The van der Waals surface area contributed by atoms with Gasteiger partial charge in [-0.2, -0.15) is 0 Å². The largest absolute Gasteiger partial charge is 0.364 e. The molecule has 0 unspecified atom stereocenters. The zero-order valence-electron chi connectivity index (χ0n) is 6.97. The van der Waals surface area contributed by atoms with Crippen LogP contribution in [0.4, 0.5) is 4.39 Å². The molecule has 3 nitrogen and oxygen atoms in total. The number of H-pyrrole nitrogens is 1. The van der Waals surface area contributed by atoms with Gasteiger partial charge < -0.3 is 10.7 Å². The minimum atomic E-state index is -0.628. The van der Waals surface area contributed by atoms with E-state index in [1.54, 1.807) is 6.07 Å². The summed E-state index contributed by atoms with van der Waals surface area (Å²) in [5.41, 5.74) is 5.71. The Bertz CT molecular complexity index is 521. The van der Waals surface area contributed by atoms with Crippen LogP contribution in [0.1, 0.15) is 10.5 Å². The molecule has 2 rings (SSSR count). The van der Waals surface area contributed by atoms with Gasteiger partial charge in [-0.1, -0.05) is 11.6 Å². The maximum atomic E-state index is 13.4. The van der Waals surface area contributed by atoms with Gasteiger partial charge in [-0.25, -0.2) is 4.39 Å². The van der Waals surface area contributed by atoms with E-state index in [-0.39, 0.29) is 16.1 Å². The van der Waals surface area contributed by atoms with Crippen molar-refractivity contribution in [1.82, 2.24) is 4.98 Å². The molecule has 72 valence electrons. The molecule has 0 atom stereocenters. The number of benzene rings is 1. The predicted molar refractivity (Wildman–Crippen MR) is 51.8 cm³/mol. The lowest BCUT2D eigenvalue weighted by Crippen LogP contribution is -2.10. The number of aromatic amines is 1. The third-order valence-electron chi connectivity index (χ3n) is 1.96. The van der Waals surface area contributed by atoms with Gasteiger partial charge in [0.25, 0.3) is 5.91 Å². The summed E-state index contributed by atoms with van der Waals surface area (Å²) in [5.74, 6) is -1.18. The van der Waals surface area contributed by atoms with Gasteiger partial charge in [-0.15, -0.1) is 0 Å². The maximum absolute atomic E-state index is 13.4. The summed E-state index contributed by atoms with van der Waals surface area (Å²) in [5, 5.41) is 0.291. The highest BCUT2D eigenvalue weighted by atomic mass is 35.5. The number of amides is 1. The molecule has 5 heteroatoms. The molecule has 2 aromatic rings. The number of carbonyl (C=O) groups excluding carboxylic acids is 1. The first-order valence-electron chi connectivity index (χ1n) is 3.86. The van der Waals surface area contributed by atoms with Crippen LogP contribution in [0.3, 0.4) is 0 Å². The first kappa shape index (κ1) is 9.02. The smallest absolute Gasteiger partial charge is 0.265 e. The van der Waals surface area contributed by atoms with Gasteiger partial charge in [0.2, 0.25) is 0 Å². The van der Waals surface area contributed by atoms with Crippen molar-refractivity contribution < 1.29 is 9.18 Å². The van der Waals surface area contributed by atoms with Crippen molar-refractivity contribution >= 4 is 28.4 Å². The van der Waals surface area contributed by atoms with Crippen LogP contribution in [0, 0.1) is 5.82 Å². The number of carbonyl (C=O) groups is 1. The van der Waals surface area contributed by atoms with Crippen LogP contribution >= 0.6 is 11.6 Å². The van der Waals surface area contributed by atoms with Crippen molar-refractivity contribution in [2.24, 2.45) is 5.73 Å². The van der Waals surface area contributed by atoms with E-state index in [9.17, 15) is 9.18 Å². The van der Waals surface area contributed by atoms with Crippen molar-refractivity contribution in [3.05, 3.63) is 34.7 Å². The zero-order chi connectivity index (χ0) is 10.3. The normalized spacial score (nSPS) is 10.7. The Hall–Kier alpha value is -1.55. The van der Waals surface area contributed by atoms with Crippen LogP contribution in [0.5, 0.6) is 0 Å². The molecule has 0 radical (unpaired) electrons. The van der Waals surface area contributed by atoms with Gasteiger partial charge in [-0.05, 0) is 18.2 Å². The van der Waals surface area contributed by atoms with Gasteiger partial charge in [0.1, 0.15) is 5.69 Å². The van der Waals surface area contributed by atoms with Crippen LogP contribution in [0.15, 0.2) is 18.2 Å². The van der Waals surface area contributed by atoms with Crippen LogP contribution in [-0.2, 0) is 0 Å². The van der Waals surface area contributed by atoms with Crippen LogP contribution in [0.25, 0.3) is 10.9 Å². The summed E-state index contributed by atoms with van der Waals surface area (Å²) in [6.45, 7) is 0. The van der Waals surface area contributed by atoms with E-state index in [1.807, 2.05) is 0 Å². The summed E-state index contributed by atoms with van der Waals surface area (Å²) in [4.78, 5) is 13.5. The number of hydrogen-bond donors (Lipinski definition) is 2. The Morgan fingerprint density at radius 1 is 1.50 bits per heavy atom. The Morgan fingerprint density at radius 2 is 2.21 bits per heavy atom. The minimum absolute atomic E-state index is 0.0209. The molecule has 0 aliphatic carbocycles. The van der Waals surface area contributed by atoms with Crippen molar-refractivity contribution in [2.75, 3.05) is 0 Å². The molecule has 0 fully saturated rings. The Balaban J connectivity index is 2.77. The predicted octanol–water partition coefficient (Wildman–Crippen LogP) is 2.06. The molecule has 0 saturated carbocycles. The quantitative estimate of drug-likeness (QED) is 0.747. The SMILES string of the molecule is NC(=O)c1cc2c(F)c(Cl)ccc2[nH]1. The molecule has 0 saturated heterocycles. The number of hydrogen-bond acceptors (Lipinski definition) is 1. The Morgan fingerprint density at radius 3 is 2.86 bits per heavy atom. The van der Waals surface area contributed by atoms with Crippen molar-refractivity contribution in [1.29, 1.82) is 0 Å². The molecule has 0 aliphatic rings. The van der Waals surface area contributed by atoms with Gasteiger partial charge in [0.05, 0.1) is 5.02 Å². The summed E-state index contributed by atoms with van der Waals surface area (Å²) < 4.78 is 13.4. The van der Waals surface area contributed by atoms with E-state index in [0.29, 0.717) is 5.52 Å². The third-order valence-corrected chi connectivity index (χ3v) is 2.25. The zero-order valence-corrected chi connectivity index (χ0v) is 7.73. The fraction of sp³-hybridized carbons (Fsp3) is 0. The van der Waals surface area contributed by atoms with Crippen LogP contribution < -0.4 is 5.73 Å². The lowest BCUT2D eigenvalue weighted by molar-refractivity contribution is 0.0996. The van der Waals surface area contributed by atoms with Crippen LogP contribution in [-0.4, -0.2) is 10.9 Å². The third kappa shape index (κ3) is 1.24. The number of aromatic nitrogens is 1. The van der Waals surface area contributed by atoms with E-state index < -0.39 is 11.7 Å². The standard InChI is InChI=1S/C9H6ClFN2O/c10-5-1-2-6-4(8(5)11)3-7(13-6)9(12)14/h1-3,13H,(H2,12,14). The minimum Gasteiger partial charge on any atom is -0.364 e. The molecule has 0 spiro atoms. The molecule has 0 bridgehead atoms. The van der Waals surface area contributed by atoms with E-state index in [2.05, 4.69) is 4.98 Å². The van der Waals surface area contributed by atoms with Crippen molar-refractivity contribution in [3.63, 3.8) is 0 Å². The highest BCUT2D eigenvalue weighted by molar-refractivity contribution is 6.31. The molecule has 1 aromatic carbocycles. The Labute approximate surface area is 83.7 Å². The average Bonchev–Trinajstić information content (AvgIpc) is 2.56. The van der Waals surface area contributed by atoms with Gasteiger partial charge in [-0.3, -0.25) is 4.79 Å². The van der Waals surface area contributed by atoms with Gasteiger partial charge in [0, 0.05) is 10.9 Å². The number of halogens is 2. The van der Waals surface area contributed by atoms with E-state index >= 15 is 0 Å². The van der Waals surface area contributed by atoms with Crippen LogP contribution in [0.2, 0.25) is 5.02 Å². The Kier molecular flexibility index (Phi) is 1.93. The number of fused-ring (bicyclic) bond motifs is 1. The van der Waals surface area contributed by atoms with E-state index in [4.69, 9.17) is 17.3 Å². The van der Waals surface area contributed by atoms with Gasteiger partial charge in [0.15, 0.2) is 5.82 Å². The van der Waals surface area contributed by atoms with Gasteiger partial charge >= 0.3 is 0 Å². The number of primary amides is 1. The molecular formula is C9H6ClFN2O. The fourth-order valence-electron chi connectivity index (χ4n) is 1.27. The summed E-state index contributed by atoms with van der Waals surface area (Å²) in [6.07, 6.45) is 0.